The van der Waals surface area contributed by atoms with Gasteiger partial charge in [0.2, 0.25) is 5.91 Å². The van der Waals surface area contributed by atoms with Crippen molar-refractivity contribution < 1.29 is 9.59 Å². The number of hydrogen-bond donors (Lipinski definition) is 1. The summed E-state index contributed by atoms with van der Waals surface area (Å²) in [5.74, 6) is 0.467. The van der Waals surface area contributed by atoms with Gasteiger partial charge in [-0.05, 0) is 50.7 Å². The maximum Gasteiger partial charge on any atom is 0.256 e. The average molecular weight is 442 g/mol. The van der Waals surface area contributed by atoms with Crippen LogP contribution in [0, 0.1) is 5.92 Å². The van der Waals surface area contributed by atoms with Crippen molar-refractivity contribution in [2.24, 2.45) is 11.7 Å². The zero-order chi connectivity index (χ0) is 22.1. The lowest BCUT2D eigenvalue weighted by atomic mass is 9.86. The fourth-order valence-electron chi connectivity index (χ4n) is 5.66. The summed E-state index contributed by atoms with van der Waals surface area (Å²) in [4.78, 5) is 30.4. The number of amides is 2. The number of likely N-dealkylation sites (tertiary alicyclic amines) is 1. The number of nitrogens with two attached hydrogens (primary N) is 1. The van der Waals surface area contributed by atoms with Crippen LogP contribution < -0.4 is 5.73 Å². The van der Waals surface area contributed by atoms with Gasteiger partial charge in [0.05, 0.1) is 10.3 Å². The van der Waals surface area contributed by atoms with E-state index in [0.717, 1.165) is 44.5 Å². The molecule has 5 nitrogen and oxygen atoms in total. The largest absolute Gasteiger partial charge is 0.365 e. The van der Waals surface area contributed by atoms with Gasteiger partial charge >= 0.3 is 0 Å². The fourth-order valence-corrected chi connectivity index (χ4v) is 6.84. The molecule has 0 bridgehead atoms. The van der Waals surface area contributed by atoms with Gasteiger partial charge in [-0.3, -0.25) is 9.59 Å². The number of hydrogen-bond acceptors (Lipinski definition) is 4. The summed E-state index contributed by atoms with van der Waals surface area (Å²) in [5, 5.41) is 0.150. The molecule has 3 unspecified atom stereocenters. The molecule has 168 valence electrons. The molecule has 1 aliphatic carbocycles. The van der Waals surface area contributed by atoms with Crippen LogP contribution in [0.1, 0.15) is 69.9 Å². The molecule has 3 atom stereocenters. The Morgan fingerprint density at radius 3 is 2.39 bits per heavy atom. The first-order valence-electron chi connectivity index (χ1n) is 11.7. The molecule has 2 amide bonds. The van der Waals surface area contributed by atoms with E-state index in [1.165, 1.54) is 24.0 Å². The third-order valence-electron chi connectivity index (χ3n) is 7.32. The summed E-state index contributed by atoms with van der Waals surface area (Å²) in [6.07, 6.45) is 6.39. The number of carbonyl (C=O) groups is 2. The summed E-state index contributed by atoms with van der Waals surface area (Å²) < 4.78 is 0. The van der Waals surface area contributed by atoms with Crippen LogP contribution >= 0.6 is 11.8 Å². The predicted octanol–water partition coefficient (Wildman–Crippen LogP) is 4.24. The number of nitrogens with zero attached hydrogens (tertiary/aromatic N) is 2. The average Bonchev–Trinajstić information content (AvgIpc) is 3.41. The topological polar surface area (TPSA) is 66.6 Å². The molecule has 6 heteroatoms. The van der Waals surface area contributed by atoms with Gasteiger partial charge in [0.25, 0.3) is 5.91 Å². The van der Waals surface area contributed by atoms with E-state index in [0.29, 0.717) is 16.7 Å². The second kappa shape index (κ2) is 9.27. The molecular weight excluding hydrogens is 406 g/mol. The maximum atomic E-state index is 13.4. The minimum Gasteiger partial charge on any atom is -0.365 e. The molecule has 4 rings (SSSR count). The Kier molecular flexibility index (Phi) is 6.65. The predicted molar refractivity (Wildman–Crippen MR) is 126 cm³/mol. The van der Waals surface area contributed by atoms with Crippen molar-refractivity contribution in [2.75, 3.05) is 13.1 Å². The Balaban J connectivity index is 1.62. The highest BCUT2D eigenvalue weighted by Crippen LogP contribution is 2.42. The number of benzene rings is 1. The Morgan fingerprint density at radius 2 is 1.81 bits per heavy atom. The Hall–Kier alpha value is -1.95. The number of allylic oxidation sites excluding steroid dienone is 1. The van der Waals surface area contributed by atoms with E-state index in [9.17, 15) is 9.59 Å². The highest BCUT2D eigenvalue weighted by molar-refractivity contribution is 8.04. The number of thioether (sulfide) groups is 1. The van der Waals surface area contributed by atoms with Crippen molar-refractivity contribution >= 4 is 23.6 Å². The Bertz CT molecular complexity index is 860. The van der Waals surface area contributed by atoms with E-state index in [4.69, 9.17) is 5.73 Å². The second-order valence-corrected chi connectivity index (χ2v) is 10.6. The highest BCUT2D eigenvalue weighted by Gasteiger charge is 2.41. The van der Waals surface area contributed by atoms with Crippen LogP contribution in [0.4, 0.5) is 0 Å². The smallest absolute Gasteiger partial charge is 0.256 e. The molecule has 2 N–H and O–H groups in total. The van der Waals surface area contributed by atoms with Gasteiger partial charge in [0, 0.05) is 36.7 Å². The molecule has 1 saturated carbocycles. The van der Waals surface area contributed by atoms with Crippen molar-refractivity contribution in [2.45, 2.75) is 76.6 Å². The summed E-state index contributed by atoms with van der Waals surface area (Å²) in [5.41, 5.74) is 9.25. The lowest BCUT2D eigenvalue weighted by Crippen LogP contribution is -2.53. The summed E-state index contributed by atoms with van der Waals surface area (Å²) in [6, 6.07) is 9.10. The monoisotopic (exact) mass is 441 g/mol. The van der Waals surface area contributed by atoms with Gasteiger partial charge in [-0.2, -0.15) is 0 Å². The molecule has 0 radical (unpaired) electrons. The molecule has 1 saturated heterocycles. The first-order valence-corrected chi connectivity index (χ1v) is 12.6. The van der Waals surface area contributed by atoms with Crippen molar-refractivity contribution in [3.63, 3.8) is 0 Å². The lowest BCUT2D eigenvalue weighted by Gasteiger charge is -2.45. The number of primary amides is 1. The first-order chi connectivity index (χ1) is 14.9. The Morgan fingerprint density at radius 1 is 1.13 bits per heavy atom. The molecule has 2 fully saturated rings. The van der Waals surface area contributed by atoms with E-state index in [2.05, 4.69) is 47.9 Å². The molecule has 3 aliphatic rings. The van der Waals surface area contributed by atoms with E-state index < -0.39 is 0 Å². The zero-order valence-corrected chi connectivity index (χ0v) is 19.8. The van der Waals surface area contributed by atoms with Crippen LogP contribution in [0.2, 0.25) is 0 Å². The second-order valence-electron chi connectivity index (χ2n) is 9.31. The minimum atomic E-state index is -0.349. The molecule has 31 heavy (non-hydrogen) atoms. The molecule has 0 aromatic heterocycles. The molecule has 0 spiro atoms. The van der Waals surface area contributed by atoms with Gasteiger partial charge in [-0.1, -0.05) is 55.8 Å². The van der Waals surface area contributed by atoms with Crippen molar-refractivity contribution in [1.29, 1.82) is 0 Å². The van der Waals surface area contributed by atoms with Gasteiger partial charge in [0.15, 0.2) is 0 Å². The van der Waals surface area contributed by atoms with Gasteiger partial charge < -0.3 is 15.5 Å². The molecule has 2 aliphatic heterocycles. The number of carbonyl (C=O) groups excluding carboxylic acids is 2. The van der Waals surface area contributed by atoms with Crippen molar-refractivity contribution in [1.82, 2.24) is 9.80 Å². The lowest BCUT2D eigenvalue weighted by molar-refractivity contribution is -0.137. The number of piperidine rings is 1. The summed E-state index contributed by atoms with van der Waals surface area (Å²) in [7, 11) is 0. The van der Waals surface area contributed by atoms with Crippen LogP contribution in [0.5, 0.6) is 0 Å². The van der Waals surface area contributed by atoms with E-state index >= 15 is 0 Å². The van der Waals surface area contributed by atoms with E-state index in [-0.39, 0.29) is 23.2 Å². The fraction of sp³-hybridized carbons (Fsp3) is 0.600. The van der Waals surface area contributed by atoms with Crippen LogP contribution in [0.15, 0.2) is 34.9 Å². The van der Waals surface area contributed by atoms with Crippen LogP contribution in [0.25, 0.3) is 0 Å². The molecule has 2 heterocycles. The summed E-state index contributed by atoms with van der Waals surface area (Å²) >= 11 is 1.55. The van der Waals surface area contributed by atoms with Crippen LogP contribution in [-0.4, -0.2) is 46.1 Å². The third kappa shape index (κ3) is 4.50. The van der Waals surface area contributed by atoms with Gasteiger partial charge in [0.1, 0.15) is 0 Å². The number of rotatable bonds is 5. The van der Waals surface area contributed by atoms with Gasteiger partial charge in [-0.25, -0.2) is 0 Å². The van der Waals surface area contributed by atoms with Gasteiger partial charge in [-0.15, -0.1) is 0 Å². The first kappa shape index (κ1) is 22.3. The number of aryl methyl sites for hydroxylation is 1. The standard InChI is InChI=1S/C25H35N3O2S/c1-4-18-9-11-19(12-10-18)21-13-22(28-16(2)23(24(26)29)31-17(28)3)15-27(14-21)25(30)20-7-5-6-8-20/h9-12,17,20-22H,4-8,13-15H2,1-3H3,(H2,26,29). The van der Waals surface area contributed by atoms with Crippen molar-refractivity contribution in [3.8, 4) is 0 Å². The molecule has 1 aromatic rings. The van der Waals surface area contributed by atoms with Crippen LogP contribution in [-0.2, 0) is 16.0 Å². The van der Waals surface area contributed by atoms with Crippen LogP contribution in [0.3, 0.4) is 0 Å². The molecule has 1 aromatic carbocycles. The zero-order valence-electron chi connectivity index (χ0n) is 19.0. The molecular formula is C25H35N3O2S. The van der Waals surface area contributed by atoms with Crippen molar-refractivity contribution in [3.05, 3.63) is 46.0 Å². The maximum absolute atomic E-state index is 13.4. The summed E-state index contributed by atoms with van der Waals surface area (Å²) in [6.45, 7) is 7.82. The normalized spacial score (nSPS) is 27.3. The third-order valence-corrected chi connectivity index (χ3v) is 8.62. The quantitative estimate of drug-likeness (QED) is 0.742. The van der Waals surface area contributed by atoms with E-state index in [1.807, 2.05) is 6.92 Å². The highest BCUT2D eigenvalue weighted by atomic mass is 32.2. The SMILES string of the molecule is CCc1ccc(C2CC(N3C(C)=C(C(N)=O)SC3C)CN(C(=O)C3CCCC3)C2)cc1. The van der Waals surface area contributed by atoms with E-state index in [1.54, 1.807) is 11.8 Å². The Labute approximate surface area is 190 Å². The minimum absolute atomic E-state index is 0.150.